The van der Waals surface area contributed by atoms with E-state index in [-0.39, 0.29) is 17.5 Å². The summed E-state index contributed by atoms with van der Waals surface area (Å²) in [5.74, 6) is 0. The molecule has 1 aliphatic heterocycles. The van der Waals surface area contributed by atoms with Crippen LogP contribution in [0.2, 0.25) is 0 Å². The fourth-order valence-corrected chi connectivity index (χ4v) is 4.21. The van der Waals surface area contributed by atoms with Gasteiger partial charge >= 0.3 is 6.03 Å². The van der Waals surface area contributed by atoms with Crippen molar-refractivity contribution in [1.82, 2.24) is 14.9 Å². The minimum atomic E-state index is -3.17. The molecule has 2 amide bonds. The number of carbonyl (C=O) groups excluding carboxylic acids is 1. The van der Waals surface area contributed by atoms with Crippen LogP contribution in [0.5, 0.6) is 0 Å². The van der Waals surface area contributed by atoms with Crippen molar-refractivity contribution in [2.45, 2.75) is 51.5 Å². The first kappa shape index (κ1) is 16.5. The summed E-state index contributed by atoms with van der Waals surface area (Å²) in [7, 11) is -3.17. The lowest BCUT2D eigenvalue weighted by Gasteiger charge is -2.32. The average Bonchev–Trinajstić information content (AvgIpc) is 2.83. The van der Waals surface area contributed by atoms with E-state index in [0.29, 0.717) is 19.6 Å². The molecule has 0 unspecified atom stereocenters. The van der Waals surface area contributed by atoms with E-state index in [4.69, 9.17) is 0 Å². The molecular formula is C14H27N3O3S. The van der Waals surface area contributed by atoms with Crippen LogP contribution in [0, 0.1) is 5.41 Å². The molecule has 1 saturated carbocycles. The van der Waals surface area contributed by atoms with Crippen LogP contribution in [-0.4, -0.2) is 50.7 Å². The van der Waals surface area contributed by atoms with E-state index in [2.05, 4.69) is 17.6 Å². The van der Waals surface area contributed by atoms with Crippen molar-refractivity contribution in [2.24, 2.45) is 5.41 Å². The molecule has 0 bridgehead atoms. The molecule has 0 aromatic rings. The van der Waals surface area contributed by atoms with Gasteiger partial charge in [-0.15, -0.1) is 0 Å². The lowest BCUT2D eigenvalue weighted by molar-refractivity contribution is 0.218. The van der Waals surface area contributed by atoms with Crippen molar-refractivity contribution in [1.29, 1.82) is 0 Å². The molecule has 0 spiro atoms. The topological polar surface area (TPSA) is 78.5 Å². The molecule has 2 aliphatic rings. The molecule has 1 atom stereocenters. The largest absolute Gasteiger partial charge is 0.338 e. The molecule has 0 radical (unpaired) electrons. The van der Waals surface area contributed by atoms with Crippen LogP contribution < -0.4 is 10.6 Å². The van der Waals surface area contributed by atoms with Gasteiger partial charge in [-0.1, -0.05) is 19.8 Å². The normalized spacial score (nSPS) is 26.5. The van der Waals surface area contributed by atoms with Crippen LogP contribution in [0.3, 0.4) is 0 Å². The summed E-state index contributed by atoms with van der Waals surface area (Å²) < 4.78 is 24.6. The number of sulfonamides is 1. The maximum absolute atomic E-state index is 12.0. The molecule has 0 aromatic carbocycles. The minimum absolute atomic E-state index is 0.0927. The Labute approximate surface area is 127 Å². The molecule has 21 heavy (non-hydrogen) atoms. The van der Waals surface area contributed by atoms with E-state index in [0.717, 1.165) is 12.8 Å². The number of amides is 2. The Morgan fingerprint density at radius 1 is 1.29 bits per heavy atom. The van der Waals surface area contributed by atoms with E-state index in [1.807, 2.05) is 0 Å². The Kier molecular flexibility index (Phi) is 5.14. The number of urea groups is 1. The highest BCUT2D eigenvalue weighted by Gasteiger charge is 2.30. The Bertz CT molecular complexity index is 472. The van der Waals surface area contributed by atoms with E-state index in [1.165, 1.54) is 36.2 Å². The monoisotopic (exact) mass is 317 g/mol. The molecule has 1 saturated heterocycles. The first-order chi connectivity index (χ1) is 9.78. The SMILES string of the molecule is CC1(CNC(=O)N[C@@H]2CCCN(S(C)(=O)=O)C2)CCCC1. The standard InChI is InChI=1S/C14H27N3O3S/c1-14(7-3-4-8-14)11-15-13(18)16-12-6-5-9-17(10-12)21(2,19)20/h12H,3-11H2,1-2H3,(H2,15,16,18)/t12-/m1/s1. The molecule has 6 nitrogen and oxygen atoms in total. The predicted molar refractivity (Wildman–Crippen MR) is 82.5 cm³/mol. The Balaban J connectivity index is 1.77. The quantitative estimate of drug-likeness (QED) is 0.820. The smallest absolute Gasteiger partial charge is 0.315 e. The zero-order valence-corrected chi connectivity index (χ0v) is 13.8. The average molecular weight is 317 g/mol. The van der Waals surface area contributed by atoms with E-state index < -0.39 is 10.0 Å². The lowest BCUT2D eigenvalue weighted by Crippen LogP contribution is -2.52. The molecule has 1 aliphatic carbocycles. The van der Waals surface area contributed by atoms with Gasteiger partial charge in [0.05, 0.1) is 6.26 Å². The van der Waals surface area contributed by atoms with Crippen molar-refractivity contribution < 1.29 is 13.2 Å². The Morgan fingerprint density at radius 2 is 1.95 bits per heavy atom. The lowest BCUT2D eigenvalue weighted by atomic mass is 9.89. The van der Waals surface area contributed by atoms with E-state index in [9.17, 15) is 13.2 Å². The summed E-state index contributed by atoms with van der Waals surface area (Å²) in [6.07, 6.45) is 7.65. The fourth-order valence-electron chi connectivity index (χ4n) is 3.30. The van der Waals surface area contributed by atoms with Crippen molar-refractivity contribution in [3.05, 3.63) is 0 Å². The van der Waals surface area contributed by atoms with Gasteiger partial charge in [0.25, 0.3) is 0 Å². The molecule has 0 aromatic heterocycles. The van der Waals surface area contributed by atoms with Gasteiger partial charge in [-0.05, 0) is 31.1 Å². The van der Waals surface area contributed by atoms with Gasteiger partial charge in [-0.25, -0.2) is 17.5 Å². The second-order valence-electron chi connectivity index (χ2n) is 6.80. The van der Waals surface area contributed by atoms with Crippen LogP contribution in [0.4, 0.5) is 4.79 Å². The van der Waals surface area contributed by atoms with Gasteiger partial charge in [0.1, 0.15) is 0 Å². The fraction of sp³-hybridized carbons (Fsp3) is 0.929. The van der Waals surface area contributed by atoms with Gasteiger partial charge in [-0.2, -0.15) is 0 Å². The number of nitrogens with zero attached hydrogens (tertiary/aromatic N) is 1. The highest BCUT2D eigenvalue weighted by Crippen LogP contribution is 2.36. The third kappa shape index (κ3) is 4.85. The van der Waals surface area contributed by atoms with Crippen molar-refractivity contribution >= 4 is 16.1 Å². The van der Waals surface area contributed by atoms with Gasteiger partial charge < -0.3 is 10.6 Å². The summed E-state index contributed by atoms with van der Waals surface area (Å²) in [5.41, 5.74) is 0.225. The first-order valence-electron chi connectivity index (χ1n) is 7.78. The van der Waals surface area contributed by atoms with E-state index in [1.54, 1.807) is 0 Å². The number of rotatable bonds is 4. The molecular weight excluding hydrogens is 290 g/mol. The van der Waals surface area contributed by atoms with Crippen LogP contribution in [0.25, 0.3) is 0 Å². The van der Waals surface area contributed by atoms with Gasteiger partial charge in [0, 0.05) is 25.7 Å². The van der Waals surface area contributed by atoms with Crippen molar-refractivity contribution in [2.75, 3.05) is 25.9 Å². The number of nitrogens with one attached hydrogen (secondary N) is 2. The zero-order valence-electron chi connectivity index (χ0n) is 13.0. The molecule has 2 fully saturated rings. The molecule has 2 rings (SSSR count). The van der Waals surface area contributed by atoms with Crippen LogP contribution in [0.1, 0.15) is 45.4 Å². The summed E-state index contributed by atoms with van der Waals surface area (Å²) in [6, 6.07) is -0.270. The molecule has 2 N–H and O–H groups in total. The number of carbonyl (C=O) groups is 1. The maximum Gasteiger partial charge on any atom is 0.315 e. The summed E-state index contributed by atoms with van der Waals surface area (Å²) in [5, 5.41) is 5.85. The third-order valence-electron chi connectivity index (χ3n) is 4.67. The van der Waals surface area contributed by atoms with Gasteiger partial charge in [-0.3, -0.25) is 0 Å². The Hall–Kier alpha value is -0.820. The van der Waals surface area contributed by atoms with Crippen LogP contribution in [0.15, 0.2) is 0 Å². The second-order valence-corrected chi connectivity index (χ2v) is 8.79. The van der Waals surface area contributed by atoms with Gasteiger partial charge in [0.2, 0.25) is 10.0 Å². The van der Waals surface area contributed by atoms with Crippen molar-refractivity contribution in [3.8, 4) is 0 Å². The zero-order chi connectivity index (χ0) is 15.5. The van der Waals surface area contributed by atoms with Crippen LogP contribution >= 0.6 is 0 Å². The molecule has 122 valence electrons. The maximum atomic E-state index is 12.0. The number of hydrogen-bond donors (Lipinski definition) is 2. The minimum Gasteiger partial charge on any atom is -0.338 e. The second kappa shape index (κ2) is 6.52. The third-order valence-corrected chi connectivity index (χ3v) is 5.94. The van der Waals surface area contributed by atoms with Gasteiger partial charge in [0.15, 0.2) is 0 Å². The van der Waals surface area contributed by atoms with Crippen molar-refractivity contribution in [3.63, 3.8) is 0 Å². The van der Waals surface area contributed by atoms with Crippen LogP contribution in [-0.2, 0) is 10.0 Å². The summed E-state index contributed by atoms with van der Waals surface area (Å²) >= 11 is 0. The van der Waals surface area contributed by atoms with E-state index >= 15 is 0 Å². The Morgan fingerprint density at radius 3 is 2.57 bits per heavy atom. The number of piperidine rings is 1. The predicted octanol–water partition coefficient (Wildman–Crippen LogP) is 1.29. The number of hydrogen-bond acceptors (Lipinski definition) is 3. The highest BCUT2D eigenvalue weighted by atomic mass is 32.2. The highest BCUT2D eigenvalue weighted by molar-refractivity contribution is 7.88. The first-order valence-corrected chi connectivity index (χ1v) is 9.63. The summed E-state index contributed by atoms with van der Waals surface area (Å²) in [4.78, 5) is 12.0. The molecule has 7 heteroatoms. The molecule has 1 heterocycles. The summed E-state index contributed by atoms with van der Waals surface area (Å²) in [6.45, 7) is 3.84.